The van der Waals surface area contributed by atoms with Crippen LogP contribution in [0, 0.1) is 25.6 Å². The second-order valence-corrected chi connectivity index (χ2v) is 9.02. The van der Waals surface area contributed by atoms with Gasteiger partial charge < -0.3 is 4.74 Å². The third-order valence-electron chi connectivity index (χ3n) is 6.38. The molecule has 0 saturated heterocycles. The summed E-state index contributed by atoms with van der Waals surface area (Å²) in [7, 11) is 1.62. The van der Waals surface area contributed by atoms with Crippen LogP contribution in [0.1, 0.15) is 52.9 Å². The molecule has 0 amide bonds. The number of methoxy groups -OCH3 is 1. The molecule has 5 rings (SSSR count). The normalized spacial score (nSPS) is 13.3. The van der Waals surface area contributed by atoms with Crippen LogP contribution in [0.25, 0.3) is 17.1 Å². The summed E-state index contributed by atoms with van der Waals surface area (Å²) in [4.78, 5) is 20.9. The summed E-state index contributed by atoms with van der Waals surface area (Å²) >= 11 is 0. The Kier molecular flexibility index (Phi) is 5.92. The number of benzene rings is 1. The van der Waals surface area contributed by atoms with Crippen LogP contribution in [0.15, 0.2) is 36.7 Å². The Morgan fingerprint density at radius 1 is 1.14 bits per heavy atom. The molecule has 8 nitrogen and oxygen atoms in total. The molecular formula is C26H27FN6O2. The lowest BCUT2D eigenvalue weighted by atomic mass is 10.1. The van der Waals surface area contributed by atoms with Gasteiger partial charge in [-0.05, 0) is 63.8 Å². The second kappa shape index (κ2) is 9.05. The molecule has 0 atom stereocenters. The molecule has 9 heteroatoms. The van der Waals surface area contributed by atoms with Crippen molar-refractivity contribution in [1.29, 1.82) is 0 Å². The lowest BCUT2D eigenvalue weighted by Crippen LogP contribution is -2.10. The molecular weight excluding hydrogens is 447 g/mol. The Hall–Kier alpha value is -3.88. The number of rotatable bonds is 8. The van der Waals surface area contributed by atoms with E-state index in [9.17, 15) is 9.18 Å². The van der Waals surface area contributed by atoms with Crippen molar-refractivity contribution in [2.45, 2.75) is 46.6 Å². The van der Waals surface area contributed by atoms with Crippen molar-refractivity contribution in [3.8, 4) is 22.8 Å². The van der Waals surface area contributed by atoms with Crippen molar-refractivity contribution >= 4 is 5.78 Å². The molecule has 0 bridgehead atoms. The first kappa shape index (κ1) is 22.9. The van der Waals surface area contributed by atoms with Crippen molar-refractivity contribution in [1.82, 2.24) is 29.5 Å². The maximum Gasteiger partial charge on any atom is 0.168 e. The third kappa shape index (κ3) is 4.45. The zero-order valence-electron chi connectivity index (χ0n) is 20.2. The van der Waals surface area contributed by atoms with Crippen LogP contribution in [-0.4, -0.2) is 42.4 Å². The van der Waals surface area contributed by atoms with E-state index < -0.39 is 0 Å². The van der Waals surface area contributed by atoms with Gasteiger partial charge in [-0.2, -0.15) is 10.2 Å². The first-order chi connectivity index (χ1) is 16.9. The van der Waals surface area contributed by atoms with Gasteiger partial charge in [-0.25, -0.2) is 19.0 Å². The number of halogens is 1. The van der Waals surface area contributed by atoms with Crippen LogP contribution < -0.4 is 4.74 Å². The molecule has 1 fully saturated rings. The minimum Gasteiger partial charge on any atom is -0.492 e. The largest absolute Gasteiger partial charge is 0.492 e. The topological polar surface area (TPSA) is 87.7 Å². The number of ketones is 1. The van der Waals surface area contributed by atoms with Crippen LogP contribution in [0.3, 0.4) is 0 Å². The van der Waals surface area contributed by atoms with Gasteiger partial charge in [0.15, 0.2) is 17.4 Å². The van der Waals surface area contributed by atoms with Gasteiger partial charge in [-0.15, -0.1) is 0 Å². The van der Waals surface area contributed by atoms with E-state index in [1.54, 1.807) is 30.8 Å². The van der Waals surface area contributed by atoms with Gasteiger partial charge in [0.25, 0.3) is 0 Å². The summed E-state index contributed by atoms with van der Waals surface area (Å²) in [5, 5.41) is 9.39. The summed E-state index contributed by atoms with van der Waals surface area (Å²) in [6, 6.07) is 8.14. The van der Waals surface area contributed by atoms with E-state index in [1.165, 1.54) is 31.3 Å². The van der Waals surface area contributed by atoms with Crippen LogP contribution in [0.5, 0.6) is 5.75 Å². The highest BCUT2D eigenvalue weighted by Gasteiger charge is 2.27. The van der Waals surface area contributed by atoms with Crippen LogP contribution >= 0.6 is 0 Å². The summed E-state index contributed by atoms with van der Waals surface area (Å²) in [5.41, 5.74) is 5.18. The van der Waals surface area contributed by atoms with Crippen molar-refractivity contribution in [3.05, 3.63) is 70.8 Å². The van der Waals surface area contributed by atoms with Gasteiger partial charge in [-0.3, -0.25) is 9.48 Å². The van der Waals surface area contributed by atoms with Gasteiger partial charge in [0.05, 0.1) is 35.4 Å². The Balaban J connectivity index is 1.54. The second-order valence-electron chi connectivity index (χ2n) is 9.02. The molecule has 4 aromatic rings. The van der Waals surface area contributed by atoms with E-state index >= 15 is 0 Å². The van der Waals surface area contributed by atoms with E-state index in [2.05, 4.69) is 15.1 Å². The van der Waals surface area contributed by atoms with Gasteiger partial charge in [0.1, 0.15) is 17.8 Å². The molecule has 0 radical (unpaired) electrons. The molecule has 0 aliphatic heterocycles. The Morgan fingerprint density at radius 2 is 1.89 bits per heavy atom. The van der Waals surface area contributed by atoms with Crippen molar-refractivity contribution < 1.29 is 13.9 Å². The van der Waals surface area contributed by atoms with Gasteiger partial charge in [0, 0.05) is 24.6 Å². The maximum absolute atomic E-state index is 13.5. The number of aryl methyl sites for hydroxylation is 1. The number of ether oxygens (including phenoxy) is 1. The fourth-order valence-corrected chi connectivity index (χ4v) is 4.50. The van der Waals surface area contributed by atoms with Crippen LogP contribution in [-0.2, 0) is 13.0 Å². The minimum absolute atomic E-state index is 0.0254. The van der Waals surface area contributed by atoms with Crippen molar-refractivity contribution in [3.63, 3.8) is 0 Å². The summed E-state index contributed by atoms with van der Waals surface area (Å²) in [5.74, 6) is 1.52. The molecule has 1 aromatic carbocycles. The quantitative estimate of drug-likeness (QED) is 0.350. The summed E-state index contributed by atoms with van der Waals surface area (Å²) in [6.45, 7) is 6.02. The maximum atomic E-state index is 13.5. The highest BCUT2D eigenvalue weighted by molar-refractivity contribution is 5.96. The monoisotopic (exact) mass is 474 g/mol. The predicted octanol–water partition coefficient (Wildman–Crippen LogP) is 4.49. The van der Waals surface area contributed by atoms with Crippen LogP contribution in [0.2, 0.25) is 0 Å². The Labute approximate surface area is 202 Å². The standard InChI is InChI=1S/C26H27FN6O2/c1-15-24(17(3)34)16(2)33(30-15)23-12-21(28-14-29-23)11-22-26(35-4)25(19-7-9-20(27)10-8-19)31-32(22)13-18-5-6-18/h7-10,12,14,18H,5-6,11,13H2,1-4H3. The van der Waals surface area contributed by atoms with Crippen molar-refractivity contribution in [2.24, 2.45) is 5.92 Å². The highest BCUT2D eigenvalue weighted by atomic mass is 19.1. The number of hydrogen-bond acceptors (Lipinski definition) is 6. The number of hydrogen-bond donors (Lipinski definition) is 0. The average Bonchev–Trinajstić information content (AvgIpc) is 3.51. The van der Waals surface area contributed by atoms with Gasteiger partial charge >= 0.3 is 0 Å². The molecule has 1 aliphatic carbocycles. The molecule has 180 valence electrons. The Bertz CT molecular complexity index is 1400. The minimum atomic E-state index is -0.295. The van der Waals surface area contributed by atoms with E-state index in [0.717, 1.165) is 29.2 Å². The predicted molar refractivity (Wildman–Crippen MR) is 128 cm³/mol. The first-order valence-electron chi connectivity index (χ1n) is 11.6. The summed E-state index contributed by atoms with van der Waals surface area (Å²) < 4.78 is 23.0. The fraction of sp³-hybridized carbons (Fsp3) is 0.346. The molecule has 0 unspecified atom stereocenters. The zero-order chi connectivity index (χ0) is 24.7. The number of aromatic nitrogens is 6. The van der Waals surface area contributed by atoms with Gasteiger partial charge in [-0.1, -0.05) is 0 Å². The third-order valence-corrected chi connectivity index (χ3v) is 6.38. The number of nitrogens with zero attached hydrogens (tertiary/aromatic N) is 6. The number of carbonyl (C=O) groups is 1. The van der Waals surface area contributed by atoms with Gasteiger partial charge in [0.2, 0.25) is 0 Å². The molecule has 1 aliphatic rings. The fourth-order valence-electron chi connectivity index (χ4n) is 4.50. The van der Waals surface area contributed by atoms with Crippen LogP contribution in [0.4, 0.5) is 4.39 Å². The lowest BCUT2D eigenvalue weighted by molar-refractivity contribution is 0.101. The average molecular weight is 475 g/mol. The number of carbonyl (C=O) groups excluding carboxylic acids is 1. The smallest absolute Gasteiger partial charge is 0.168 e. The number of Topliss-reactive ketones (excluding diaryl/α,β-unsaturated/α-hetero) is 1. The molecule has 3 heterocycles. The van der Waals surface area contributed by atoms with E-state index in [4.69, 9.17) is 9.84 Å². The lowest BCUT2D eigenvalue weighted by Gasteiger charge is -2.10. The molecule has 0 spiro atoms. The highest BCUT2D eigenvalue weighted by Crippen LogP contribution is 2.37. The molecule has 1 saturated carbocycles. The molecule has 35 heavy (non-hydrogen) atoms. The SMILES string of the molecule is COc1c(-c2ccc(F)cc2)nn(CC2CC2)c1Cc1cc(-n2nc(C)c(C(C)=O)c2C)ncn1. The Morgan fingerprint density at radius 3 is 2.51 bits per heavy atom. The molecule has 3 aromatic heterocycles. The first-order valence-corrected chi connectivity index (χ1v) is 11.6. The zero-order valence-corrected chi connectivity index (χ0v) is 20.2. The van der Waals surface area contributed by atoms with E-state index in [0.29, 0.717) is 40.9 Å². The van der Waals surface area contributed by atoms with E-state index in [1.807, 2.05) is 24.6 Å². The molecule has 0 N–H and O–H groups in total. The van der Waals surface area contributed by atoms with Crippen molar-refractivity contribution in [2.75, 3.05) is 7.11 Å². The van der Waals surface area contributed by atoms with E-state index in [-0.39, 0.29) is 11.6 Å². The summed E-state index contributed by atoms with van der Waals surface area (Å²) in [6.07, 6.45) is 4.34.